The molecular formula is C23H29ClN4O2. The van der Waals surface area contributed by atoms with Crippen molar-refractivity contribution >= 4 is 23.5 Å². The first kappa shape index (κ1) is 22.0. The predicted octanol–water partition coefficient (Wildman–Crippen LogP) is 3.30. The van der Waals surface area contributed by atoms with Gasteiger partial charge in [0.15, 0.2) is 12.6 Å². The first-order valence-corrected chi connectivity index (χ1v) is 10.8. The summed E-state index contributed by atoms with van der Waals surface area (Å²) in [5.41, 5.74) is 2.18. The van der Waals surface area contributed by atoms with E-state index in [2.05, 4.69) is 20.9 Å². The van der Waals surface area contributed by atoms with E-state index in [4.69, 9.17) is 16.3 Å². The molecule has 0 radical (unpaired) electrons. The van der Waals surface area contributed by atoms with E-state index in [1.54, 1.807) is 0 Å². The molecule has 3 N–H and O–H groups in total. The van der Waals surface area contributed by atoms with Gasteiger partial charge in [0, 0.05) is 24.2 Å². The number of carbonyl (C=O) groups excluding carboxylic acids is 1. The van der Waals surface area contributed by atoms with E-state index in [-0.39, 0.29) is 12.5 Å². The number of rotatable bonds is 10. The normalized spacial score (nSPS) is 13.6. The maximum absolute atomic E-state index is 11.7. The van der Waals surface area contributed by atoms with Crippen LogP contribution in [0.25, 0.3) is 0 Å². The summed E-state index contributed by atoms with van der Waals surface area (Å²) in [4.78, 5) is 16.3. The Morgan fingerprint density at radius 3 is 2.60 bits per heavy atom. The summed E-state index contributed by atoms with van der Waals surface area (Å²) in [6.45, 7) is 4.16. The summed E-state index contributed by atoms with van der Waals surface area (Å²) < 4.78 is 5.54. The zero-order chi connectivity index (χ0) is 21.2. The smallest absolute Gasteiger partial charge is 0.258 e. The lowest BCUT2D eigenvalue weighted by Crippen LogP contribution is -2.38. The maximum atomic E-state index is 11.7. The molecule has 1 aliphatic carbocycles. The van der Waals surface area contributed by atoms with Crippen molar-refractivity contribution < 1.29 is 9.53 Å². The molecule has 0 spiro atoms. The second kappa shape index (κ2) is 11.5. The Morgan fingerprint density at radius 2 is 1.90 bits per heavy atom. The zero-order valence-electron chi connectivity index (χ0n) is 17.3. The van der Waals surface area contributed by atoms with Gasteiger partial charge in [-0.3, -0.25) is 4.79 Å². The van der Waals surface area contributed by atoms with E-state index in [1.807, 2.05) is 55.5 Å². The Bertz CT molecular complexity index is 851. The molecule has 1 fully saturated rings. The van der Waals surface area contributed by atoms with Crippen molar-refractivity contribution in [1.29, 1.82) is 0 Å². The Hall–Kier alpha value is -2.73. The number of aliphatic imine (C=N–C) groups is 1. The van der Waals surface area contributed by atoms with Crippen LogP contribution in [0.2, 0.25) is 5.02 Å². The van der Waals surface area contributed by atoms with Crippen LogP contribution < -0.4 is 20.7 Å². The van der Waals surface area contributed by atoms with Gasteiger partial charge in [-0.05, 0) is 55.5 Å². The van der Waals surface area contributed by atoms with Crippen molar-refractivity contribution in [3.8, 4) is 5.75 Å². The number of nitrogens with one attached hydrogen (secondary N) is 3. The van der Waals surface area contributed by atoms with Crippen LogP contribution in [0.5, 0.6) is 5.75 Å². The largest absolute Gasteiger partial charge is 0.484 e. The molecule has 3 rings (SSSR count). The topological polar surface area (TPSA) is 74.8 Å². The summed E-state index contributed by atoms with van der Waals surface area (Å²) in [5.74, 6) is 1.41. The lowest BCUT2D eigenvalue weighted by molar-refractivity contribution is -0.123. The molecule has 1 saturated carbocycles. The van der Waals surface area contributed by atoms with Crippen molar-refractivity contribution in [3.05, 3.63) is 64.7 Å². The Morgan fingerprint density at radius 1 is 1.13 bits per heavy atom. The predicted molar refractivity (Wildman–Crippen MR) is 121 cm³/mol. The van der Waals surface area contributed by atoms with E-state index < -0.39 is 0 Å². The number of nitrogens with zero attached hydrogens (tertiary/aromatic N) is 1. The summed E-state index contributed by atoms with van der Waals surface area (Å²) in [6, 6.07) is 15.9. The van der Waals surface area contributed by atoms with Crippen LogP contribution in [0, 0.1) is 0 Å². The second-order valence-corrected chi connectivity index (χ2v) is 7.64. The molecule has 0 aliphatic heterocycles. The molecular weight excluding hydrogens is 400 g/mol. The fourth-order valence-electron chi connectivity index (χ4n) is 2.86. The van der Waals surface area contributed by atoms with Gasteiger partial charge >= 0.3 is 0 Å². The summed E-state index contributed by atoms with van der Waals surface area (Å²) in [6.07, 6.45) is 3.00. The number of amides is 1. The van der Waals surface area contributed by atoms with Crippen molar-refractivity contribution in [2.24, 2.45) is 4.99 Å². The molecule has 0 saturated heterocycles. The highest BCUT2D eigenvalue weighted by Gasteiger charge is 2.23. The van der Waals surface area contributed by atoms with Gasteiger partial charge in [0.05, 0.1) is 6.54 Å². The van der Waals surface area contributed by atoms with Crippen molar-refractivity contribution in [2.75, 3.05) is 19.7 Å². The summed E-state index contributed by atoms with van der Waals surface area (Å²) in [5, 5.41) is 10.2. The van der Waals surface area contributed by atoms with Gasteiger partial charge in [-0.2, -0.15) is 0 Å². The molecule has 2 aromatic carbocycles. The maximum Gasteiger partial charge on any atom is 0.258 e. The fraction of sp³-hybridized carbons (Fsp3) is 0.391. The van der Waals surface area contributed by atoms with E-state index >= 15 is 0 Å². The van der Waals surface area contributed by atoms with Crippen molar-refractivity contribution in [1.82, 2.24) is 16.0 Å². The molecule has 1 amide bonds. The van der Waals surface area contributed by atoms with Crippen molar-refractivity contribution in [2.45, 2.75) is 38.8 Å². The van der Waals surface area contributed by atoms with Gasteiger partial charge < -0.3 is 20.7 Å². The molecule has 0 bridgehead atoms. The van der Waals surface area contributed by atoms with Gasteiger partial charge in [0.1, 0.15) is 5.75 Å². The van der Waals surface area contributed by atoms with Crippen LogP contribution >= 0.6 is 11.6 Å². The third-order valence-electron chi connectivity index (χ3n) is 4.65. The molecule has 0 atom stereocenters. The quantitative estimate of drug-likeness (QED) is 0.401. The van der Waals surface area contributed by atoms with Crippen LogP contribution in [0.3, 0.4) is 0 Å². The van der Waals surface area contributed by atoms with E-state index in [0.717, 1.165) is 48.9 Å². The van der Waals surface area contributed by atoms with Crippen LogP contribution in [-0.4, -0.2) is 37.6 Å². The minimum absolute atomic E-state index is 0.0576. The summed E-state index contributed by atoms with van der Waals surface area (Å²) in [7, 11) is 0. The molecule has 0 aromatic heterocycles. The molecule has 0 heterocycles. The van der Waals surface area contributed by atoms with Crippen LogP contribution in [0.1, 0.15) is 30.9 Å². The van der Waals surface area contributed by atoms with Crippen LogP contribution in [0.15, 0.2) is 53.5 Å². The lowest BCUT2D eigenvalue weighted by Gasteiger charge is -2.12. The number of carbonyl (C=O) groups is 1. The number of guanidine groups is 1. The lowest BCUT2D eigenvalue weighted by atomic mass is 10.1. The monoisotopic (exact) mass is 428 g/mol. The van der Waals surface area contributed by atoms with Gasteiger partial charge in [-0.15, -0.1) is 0 Å². The highest BCUT2D eigenvalue weighted by molar-refractivity contribution is 6.31. The molecule has 2 aromatic rings. The minimum atomic E-state index is -0.0576. The standard InChI is InChI=1S/C23H29ClN4O2/c1-2-25-23(27-15-18-5-3-4-6-21(18)24)26-14-13-17-7-11-20(12-8-17)30-16-22(29)28-19-9-10-19/h3-8,11-12,19H,2,9-10,13-16H2,1H3,(H,28,29)(H2,25,26,27). The average Bonchev–Trinajstić information content (AvgIpc) is 3.56. The molecule has 7 heteroatoms. The van der Waals surface area contributed by atoms with Crippen molar-refractivity contribution in [3.63, 3.8) is 0 Å². The number of benzene rings is 2. The first-order valence-electron chi connectivity index (χ1n) is 10.4. The highest BCUT2D eigenvalue weighted by atomic mass is 35.5. The highest BCUT2D eigenvalue weighted by Crippen LogP contribution is 2.18. The SMILES string of the molecule is CCNC(=NCc1ccccc1Cl)NCCc1ccc(OCC(=O)NC2CC2)cc1. The third-order valence-corrected chi connectivity index (χ3v) is 5.02. The molecule has 6 nitrogen and oxygen atoms in total. The van der Waals surface area contributed by atoms with Gasteiger partial charge in [0.25, 0.3) is 5.91 Å². The average molecular weight is 429 g/mol. The molecule has 30 heavy (non-hydrogen) atoms. The van der Waals surface area contributed by atoms with Crippen LogP contribution in [-0.2, 0) is 17.8 Å². The number of hydrogen-bond acceptors (Lipinski definition) is 3. The molecule has 160 valence electrons. The number of halogens is 1. The zero-order valence-corrected chi connectivity index (χ0v) is 18.0. The molecule has 0 unspecified atom stereocenters. The molecule has 1 aliphatic rings. The number of hydrogen-bond donors (Lipinski definition) is 3. The third kappa shape index (κ3) is 7.59. The van der Waals surface area contributed by atoms with E-state index in [1.165, 1.54) is 5.56 Å². The minimum Gasteiger partial charge on any atom is -0.484 e. The van der Waals surface area contributed by atoms with E-state index in [9.17, 15) is 4.79 Å². The first-order chi connectivity index (χ1) is 14.6. The summed E-state index contributed by atoms with van der Waals surface area (Å²) >= 11 is 6.20. The Labute approximate surface area is 183 Å². The van der Waals surface area contributed by atoms with Crippen LogP contribution in [0.4, 0.5) is 0 Å². The number of ether oxygens (including phenoxy) is 1. The fourth-order valence-corrected chi connectivity index (χ4v) is 3.05. The van der Waals surface area contributed by atoms with Gasteiger partial charge in [0.2, 0.25) is 0 Å². The van der Waals surface area contributed by atoms with Gasteiger partial charge in [-0.25, -0.2) is 4.99 Å². The Kier molecular flexibility index (Phi) is 8.39. The second-order valence-electron chi connectivity index (χ2n) is 7.24. The van der Waals surface area contributed by atoms with E-state index in [0.29, 0.717) is 18.3 Å². The Balaban J connectivity index is 1.42. The van der Waals surface area contributed by atoms with Gasteiger partial charge in [-0.1, -0.05) is 41.9 Å².